The third kappa shape index (κ3) is 3.77. The molecule has 0 radical (unpaired) electrons. The zero-order valence-corrected chi connectivity index (χ0v) is 14.0. The molecule has 1 aliphatic rings. The number of halogens is 4. The minimum Gasteiger partial charge on any atom is -0.478 e. The molecule has 1 unspecified atom stereocenters. The van der Waals surface area contributed by atoms with E-state index in [0.29, 0.717) is 15.5 Å². The summed E-state index contributed by atoms with van der Waals surface area (Å²) in [6.07, 6.45) is -6.30. The molecule has 0 saturated carbocycles. The molecule has 2 aromatic carbocycles. The van der Waals surface area contributed by atoms with Gasteiger partial charge in [-0.1, -0.05) is 35.5 Å². The summed E-state index contributed by atoms with van der Waals surface area (Å²) >= 11 is 7.19. The molecule has 2 aromatic rings. The fraction of sp³-hybridized carbons (Fsp3) is 0.118. The average Bonchev–Trinajstić information content (AvgIpc) is 2.53. The largest absolute Gasteiger partial charge is 0.478 e. The van der Waals surface area contributed by atoms with Crippen LogP contribution in [0.2, 0.25) is 5.02 Å². The van der Waals surface area contributed by atoms with Crippen molar-refractivity contribution in [3.63, 3.8) is 0 Å². The lowest BCUT2D eigenvalue weighted by atomic mass is 10.0. The van der Waals surface area contributed by atoms with E-state index in [0.717, 1.165) is 11.0 Å². The van der Waals surface area contributed by atoms with Gasteiger partial charge in [0, 0.05) is 20.4 Å². The Hall–Kier alpha value is -2.12. The van der Waals surface area contributed by atoms with Crippen LogP contribution in [0.4, 0.5) is 13.2 Å². The molecule has 1 aliphatic heterocycles. The average molecular weight is 387 g/mol. The maximum atomic E-state index is 13.1. The van der Waals surface area contributed by atoms with Crippen LogP contribution in [0.3, 0.4) is 0 Å². The van der Waals surface area contributed by atoms with E-state index in [9.17, 15) is 18.0 Å². The van der Waals surface area contributed by atoms with Crippen LogP contribution in [0, 0.1) is 0 Å². The summed E-state index contributed by atoms with van der Waals surface area (Å²) in [5.74, 6) is -1.69. The van der Waals surface area contributed by atoms with E-state index in [1.807, 2.05) is 0 Å². The van der Waals surface area contributed by atoms with Crippen LogP contribution in [0.1, 0.15) is 5.56 Å². The zero-order valence-electron chi connectivity index (χ0n) is 12.4. The van der Waals surface area contributed by atoms with Crippen molar-refractivity contribution in [3.8, 4) is 5.75 Å². The van der Waals surface area contributed by atoms with Crippen molar-refractivity contribution in [2.24, 2.45) is 0 Å². The van der Waals surface area contributed by atoms with E-state index < -0.39 is 23.8 Å². The molecular weight excluding hydrogens is 377 g/mol. The molecule has 0 spiro atoms. The molecule has 25 heavy (non-hydrogen) atoms. The summed E-state index contributed by atoms with van der Waals surface area (Å²) in [5, 5.41) is 9.66. The van der Waals surface area contributed by atoms with E-state index in [1.165, 1.54) is 17.8 Å². The first-order chi connectivity index (χ1) is 11.8. The number of alkyl halides is 3. The number of benzene rings is 2. The zero-order chi connectivity index (χ0) is 18.2. The highest BCUT2D eigenvalue weighted by atomic mass is 35.5. The Morgan fingerprint density at radius 3 is 2.56 bits per heavy atom. The standard InChI is InChI=1S/C17H10ClF3O3S/c18-9-3-1-4-10(7-9)25-14-6-2-5-13-11(14)8-12(16(22)23)15(24-13)17(19,20)21/h1-8,15H,(H,22,23). The number of ether oxygens (including phenoxy) is 1. The lowest BCUT2D eigenvalue weighted by molar-refractivity contribution is -0.187. The predicted octanol–water partition coefficient (Wildman–Crippen LogP) is 5.28. The number of fused-ring (bicyclic) bond motifs is 1. The van der Waals surface area contributed by atoms with Crippen molar-refractivity contribution in [1.82, 2.24) is 0 Å². The molecule has 1 heterocycles. The van der Waals surface area contributed by atoms with Crippen molar-refractivity contribution >= 4 is 35.4 Å². The smallest absolute Gasteiger partial charge is 0.430 e. The second-order valence-corrected chi connectivity index (χ2v) is 6.72. The van der Waals surface area contributed by atoms with Gasteiger partial charge in [0.25, 0.3) is 0 Å². The van der Waals surface area contributed by atoms with Crippen molar-refractivity contribution in [2.45, 2.75) is 22.1 Å². The van der Waals surface area contributed by atoms with Gasteiger partial charge in [-0.25, -0.2) is 4.79 Å². The van der Waals surface area contributed by atoms with Crippen LogP contribution in [-0.2, 0) is 4.79 Å². The van der Waals surface area contributed by atoms with Crippen LogP contribution in [0.5, 0.6) is 5.75 Å². The molecule has 0 aromatic heterocycles. The van der Waals surface area contributed by atoms with Crippen LogP contribution < -0.4 is 4.74 Å². The minimum atomic E-state index is -4.82. The molecule has 0 bridgehead atoms. The first-order valence-electron chi connectivity index (χ1n) is 7.00. The van der Waals surface area contributed by atoms with E-state index in [1.54, 1.807) is 36.4 Å². The highest BCUT2D eigenvalue weighted by Gasteiger charge is 2.48. The maximum Gasteiger partial charge on any atom is 0.430 e. The molecule has 130 valence electrons. The number of carbonyl (C=O) groups is 1. The monoisotopic (exact) mass is 386 g/mol. The van der Waals surface area contributed by atoms with Crippen molar-refractivity contribution in [3.05, 3.63) is 58.6 Å². The summed E-state index contributed by atoms with van der Waals surface area (Å²) in [6.45, 7) is 0. The normalized spacial score (nSPS) is 16.6. The number of carboxylic acid groups (broad SMARTS) is 1. The quantitative estimate of drug-likeness (QED) is 0.779. The van der Waals surface area contributed by atoms with Gasteiger partial charge in [0.1, 0.15) is 5.75 Å². The fourth-order valence-electron chi connectivity index (χ4n) is 2.35. The maximum absolute atomic E-state index is 13.1. The second kappa shape index (κ2) is 6.65. The van der Waals surface area contributed by atoms with Crippen LogP contribution >= 0.6 is 23.4 Å². The van der Waals surface area contributed by atoms with Crippen molar-refractivity contribution in [2.75, 3.05) is 0 Å². The SMILES string of the molecule is O=C(O)C1=Cc2c(cccc2Sc2cccc(Cl)c2)OC1C(F)(F)F. The Morgan fingerprint density at radius 2 is 1.92 bits per heavy atom. The number of rotatable bonds is 3. The van der Waals surface area contributed by atoms with Crippen molar-refractivity contribution in [1.29, 1.82) is 0 Å². The number of hydrogen-bond acceptors (Lipinski definition) is 3. The summed E-state index contributed by atoms with van der Waals surface area (Å²) in [4.78, 5) is 12.6. The number of carboxylic acids is 1. The third-order valence-electron chi connectivity index (χ3n) is 3.42. The summed E-state index contributed by atoms with van der Waals surface area (Å²) in [5.41, 5.74) is -0.551. The van der Waals surface area contributed by atoms with Gasteiger partial charge in [0.05, 0.1) is 5.57 Å². The molecule has 1 N–H and O–H groups in total. The van der Waals surface area contributed by atoms with E-state index in [4.69, 9.17) is 21.4 Å². The molecule has 1 atom stereocenters. The molecule has 0 aliphatic carbocycles. The van der Waals surface area contributed by atoms with Gasteiger partial charge in [-0.15, -0.1) is 0 Å². The predicted molar refractivity (Wildman–Crippen MR) is 88.1 cm³/mol. The first kappa shape index (κ1) is 17.7. The Kier molecular flexibility index (Phi) is 4.71. The summed E-state index contributed by atoms with van der Waals surface area (Å²) in [6, 6.07) is 11.6. The van der Waals surface area contributed by atoms with Gasteiger partial charge in [0.2, 0.25) is 6.10 Å². The Bertz CT molecular complexity index is 864. The van der Waals surface area contributed by atoms with Gasteiger partial charge < -0.3 is 9.84 Å². The van der Waals surface area contributed by atoms with Gasteiger partial charge in [-0.3, -0.25) is 0 Å². The Labute approximate surface area is 150 Å². The minimum absolute atomic E-state index is 0.0145. The Balaban J connectivity index is 2.05. The first-order valence-corrected chi connectivity index (χ1v) is 8.20. The highest BCUT2D eigenvalue weighted by molar-refractivity contribution is 7.99. The number of aliphatic carboxylic acids is 1. The van der Waals surface area contributed by atoms with Gasteiger partial charge in [-0.05, 0) is 36.4 Å². The molecule has 8 heteroatoms. The van der Waals surface area contributed by atoms with Gasteiger partial charge in [0.15, 0.2) is 0 Å². The highest BCUT2D eigenvalue weighted by Crippen LogP contribution is 2.42. The van der Waals surface area contributed by atoms with Crippen molar-refractivity contribution < 1.29 is 27.8 Å². The summed E-state index contributed by atoms with van der Waals surface area (Å²) in [7, 11) is 0. The second-order valence-electron chi connectivity index (χ2n) is 5.17. The van der Waals surface area contributed by atoms with Crippen LogP contribution in [0.15, 0.2) is 57.8 Å². The summed E-state index contributed by atoms with van der Waals surface area (Å²) < 4.78 is 44.2. The molecule has 0 fully saturated rings. The number of hydrogen-bond donors (Lipinski definition) is 1. The lowest BCUT2D eigenvalue weighted by Gasteiger charge is -2.27. The van der Waals surface area contributed by atoms with Gasteiger partial charge >= 0.3 is 12.1 Å². The van der Waals surface area contributed by atoms with Gasteiger partial charge in [-0.2, -0.15) is 13.2 Å². The van der Waals surface area contributed by atoms with E-state index in [-0.39, 0.29) is 5.75 Å². The third-order valence-corrected chi connectivity index (χ3v) is 4.72. The van der Waals surface area contributed by atoms with Crippen LogP contribution in [0.25, 0.3) is 6.08 Å². The lowest BCUT2D eigenvalue weighted by Crippen LogP contribution is -2.40. The topological polar surface area (TPSA) is 46.5 Å². The molecule has 3 nitrogen and oxygen atoms in total. The van der Waals surface area contributed by atoms with E-state index >= 15 is 0 Å². The molecular formula is C17H10ClF3O3S. The van der Waals surface area contributed by atoms with Crippen LogP contribution in [-0.4, -0.2) is 23.4 Å². The molecule has 0 amide bonds. The Morgan fingerprint density at radius 1 is 1.20 bits per heavy atom. The van der Waals surface area contributed by atoms with E-state index in [2.05, 4.69) is 0 Å². The molecule has 3 rings (SSSR count). The fourth-order valence-corrected chi connectivity index (χ4v) is 3.61. The molecule has 0 saturated heterocycles.